The van der Waals surface area contributed by atoms with Gasteiger partial charge in [-0.2, -0.15) is 0 Å². The first-order chi connectivity index (χ1) is 8.02. The minimum absolute atomic E-state index is 0.0489. The van der Waals surface area contributed by atoms with Crippen LogP contribution in [0.1, 0.15) is 0 Å². The fraction of sp³-hybridized carbons (Fsp3) is 0.800. The van der Waals surface area contributed by atoms with Gasteiger partial charge in [0.25, 0.3) is 0 Å². The Kier molecular flexibility index (Phi) is 9.89. The van der Waals surface area contributed by atoms with Crippen molar-refractivity contribution in [2.75, 3.05) is 51.9 Å². The molecule has 0 bridgehead atoms. The second-order valence-corrected chi connectivity index (χ2v) is 4.64. The monoisotopic (exact) mass is 264 g/mol. The van der Waals surface area contributed by atoms with Gasteiger partial charge in [-0.25, -0.2) is 0 Å². The number of carboxylic acid groups (broad SMARTS) is 1. The van der Waals surface area contributed by atoms with Crippen LogP contribution in [0, 0.1) is 0 Å². The van der Waals surface area contributed by atoms with Gasteiger partial charge in [0.1, 0.15) is 0 Å². The fourth-order valence-corrected chi connectivity index (χ4v) is 1.46. The van der Waals surface area contributed by atoms with Crippen LogP contribution in [0.2, 0.25) is 0 Å². The third-order valence-corrected chi connectivity index (χ3v) is 2.63. The highest BCUT2D eigenvalue weighted by Gasteiger charge is 2.03. The van der Waals surface area contributed by atoms with Crippen LogP contribution in [-0.2, 0) is 14.3 Å². The average molecular weight is 264 g/mol. The maximum atomic E-state index is 11.2. The van der Waals surface area contributed by atoms with Gasteiger partial charge in [0.15, 0.2) is 0 Å². The summed E-state index contributed by atoms with van der Waals surface area (Å²) in [5.74, 6) is -0.946. The number of rotatable bonds is 10. The third kappa shape index (κ3) is 13.1. The number of carbonyl (C=O) groups excluding carboxylic acids is 1. The maximum absolute atomic E-state index is 11.2. The van der Waals surface area contributed by atoms with E-state index in [9.17, 15) is 9.59 Å². The highest BCUT2D eigenvalue weighted by molar-refractivity contribution is 8.00. The van der Waals surface area contributed by atoms with E-state index in [0.717, 1.165) is 18.3 Å². The van der Waals surface area contributed by atoms with Crippen molar-refractivity contribution in [3.8, 4) is 0 Å². The molecule has 0 aromatic heterocycles. The van der Waals surface area contributed by atoms with Crippen LogP contribution in [-0.4, -0.2) is 73.8 Å². The highest BCUT2D eigenvalue weighted by atomic mass is 32.2. The lowest BCUT2D eigenvalue weighted by Gasteiger charge is -2.10. The summed E-state index contributed by atoms with van der Waals surface area (Å²) in [5, 5.41) is 11.0. The average Bonchev–Trinajstić information content (AvgIpc) is 2.22. The molecule has 7 heteroatoms. The van der Waals surface area contributed by atoms with E-state index >= 15 is 0 Å². The Morgan fingerprint density at radius 2 is 2.00 bits per heavy atom. The highest BCUT2D eigenvalue weighted by Crippen LogP contribution is 1.97. The van der Waals surface area contributed by atoms with Gasteiger partial charge in [0.2, 0.25) is 5.91 Å². The minimum atomic E-state index is -0.908. The van der Waals surface area contributed by atoms with Crippen LogP contribution in [0.15, 0.2) is 0 Å². The van der Waals surface area contributed by atoms with Crippen molar-refractivity contribution < 1.29 is 19.4 Å². The number of ether oxygens (including phenoxy) is 1. The van der Waals surface area contributed by atoms with E-state index < -0.39 is 5.97 Å². The molecule has 0 spiro atoms. The summed E-state index contributed by atoms with van der Waals surface area (Å²) in [6.45, 7) is 2.42. The molecular formula is C10H20N2O4S. The lowest BCUT2D eigenvalue weighted by Crippen LogP contribution is -2.29. The molecule has 0 rings (SSSR count). The Bertz CT molecular complexity index is 236. The molecule has 0 aromatic rings. The van der Waals surface area contributed by atoms with Gasteiger partial charge in [-0.3, -0.25) is 9.59 Å². The Morgan fingerprint density at radius 3 is 2.59 bits per heavy atom. The molecule has 17 heavy (non-hydrogen) atoms. The lowest BCUT2D eigenvalue weighted by atomic mass is 10.6. The standard InChI is InChI=1S/C10H20N2O4S/c1-12(2)4-6-16-5-3-11-9(13)7-17-8-10(14)15/h3-8H2,1-2H3,(H,11,13)(H,14,15). The molecule has 0 unspecified atom stereocenters. The van der Waals surface area contributed by atoms with Gasteiger partial charge < -0.3 is 20.1 Å². The van der Waals surface area contributed by atoms with Crippen LogP contribution < -0.4 is 5.32 Å². The number of nitrogens with zero attached hydrogens (tertiary/aromatic N) is 1. The molecule has 0 atom stereocenters. The zero-order chi connectivity index (χ0) is 13.1. The summed E-state index contributed by atoms with van der Waals surface area (Å²) in [6.07, 6.45) is 0. The Hall–Kier alpha value is -0.790. The Balaban J connectivity index is 3.25. The molecule has 6 nitrogen and oxygen atoms in total. The van der Waals surface area contributed by atoms with Crippen LogP contribution >= 0.6 is 11.8 Å². The van der Waals surface area contributed by atoms with Gasteiger partial charge in [0.05, 0.1) is 24.7 Å². The first-order valence-corrected chi connectivity index (χ1v) is 6.46. The number of carboxylic acids is 1. The second kappa shape index (κ2) is 10.4. The first-order valence-electron chi connectivity index (χ1n) is 5.31. The predicted octanol–water partition coefficient (Wildman–Crippen LogP) is -0.501. The topological polar surface area (TPSA) is 78.9 Å². The Labute approximate surface area is 106 Å². The number of amides is 1. The molecule has 0 saturated heterocycles. The second-order valence-electron chi connectivity index (χ2n) is 3.65. The number of aliphatic carboxylic acids is 1. The van der Waals surface area contributed by atoms with Crippen LogP contribution in [0.3, 0.4) is 0 Å². The third-order valence-electron chi connectivity index (χ3n) is 1.71. The van der Waals surface area contributed by atoms with E-state index in [1.165, 1.54) is 0 Å². The zero-order valence-electron chi connectivity index (χ0n) is 10.3. The van der Waals surface area contributed by atoms with Crippen molar-refractivity contribution in [3.05, 3.63) is 0 Å². The molecule has 0 radical (unpaired) electrons. The number of likely N-dealkylation sites (N-methyl/N-ethyl adjacent to an activating group) is 1. The SMILES string of the molecule is CN(C)CCOCCNC(=O)CSCC(=O)O. The fourth-order valence-electron chi connectivity index (χ4n) is 0.894. The van der Waals surface area contributed by atoms with Gasteiger partial charge in [-0.1, -0.05) is 0 Å². The molecule has 0 fully saturated rings. The van der Waals surface area contributed by atoms with E-state index in [4.69, 9.17) is 9.84 Å². The van der Waals surface area contributed by atoms with Gasteiger partial charge in [-0.05, 0) is 14.1 Å². The zero-order valence-corrected chi connectivity index (χ0v) is 11.1. The van der Waals surface area contributed by atoms with E-state index in [2.05, 4.69) is 5.32 Å². The number of carbonyl (C=O) groups is 2. The van der Waals surface area contributed by atoms with Crippen molar-refractivity contribution in [1.82, 2.24) is 10.2 Å². The number of hydrogen-bond acceptors (Lipinski definition) is 5. The summed E-state index contributed by atoms with van der Waals surface area (Å²) in [4.78, 5) is 23.4. The van der Waals surface area contributed by atoms with Crippen LogP contribution in [0.4, 0.5) is 0 Å². The quantitative estimate of drug-likeness (QED) is 0.518. The van der Waals surface area contributed by atoms with E-state index in [1.54, 1.807) is 0 Å². The number of nitrogens with one attached hydrogen (secondary N) is 1. The maximum Gasteiger partial charge on any atom is 0.313 e. The molecule has 0 aliphatic heterocycles. The molecule has 100 valence electrons. The summed E-state index contributed by atoms with van der Waals surface area (Å²) >= 11 is 1.08. The molecule has 0 aromatic carbocycles. The van der Waals surface area contributed by atoms with E-state index in [1.807, 2.05) is 19.0 Å². The number of hydrogen-bond donors (Lipinski definition) is 2. The Morgan fingerprint density at radius 1 is 1.29 bits per heavy atom. The van der Waals surface area contributed by atoms with Crippen molar-refractivity contribution in [3.63, 3.8) is 0 Å². The van der Waals surface area contributed by atoms with Crippen molar-refractivity contribution in [2.45, 2.75) is 0 Å². The van der Waals surface area contributed by atoms with Crippen molar-refractivity contribution in [2.24, 2.45) is 0 Å². The van der Waals surface area contributed by atoms with E-state index in [0.29, 0.717) is 19.8 Å². The van der Waals surface area contributed by atoms with Crippen molar-refractivity contribution >= 4 is 23.6 Å². The van der Waals surface area contributed by atoms with Crippen LogP contribution in [0.5, 0.6) is 0 Å². The summed E-state index contributed by atoms with van der Waals surface area (Å²) < 4.78 is 5.28. The first kappa shape index (κ1) is 16.2. The number of thioether (sulfide) groups is 1. The molecule has 0 heterocycles. The molecular weight excluding hydrogens is 244 g/mol. The summed E-state index contributed by atoms with van der Waals surface area (Å²) in [7, 11) is 3.93. The molecule has 0 saturated carbocycles. The van der Waals surface area contributed by atoms with Gasteiger partial charge in [0, 0.05) is 13.1 Å². The smallest absolute Gasteiger partial charge is 0.313 e. The van der Waals surface area contributed by atoms with E-state index in [-0.39, 0.29) is 17.4 Å². The molecule has 0 aliphatic rings. The largest absolute Gasteiger partial charge is 0.481 e. The normalized spacial score (nSPS) is 10.5. The molecule has 2 N–H and O–H groups in total. The van der Waals surface area contributed by atoms with Crippen molar-refractivity contribution in [1.29, 1.82) is 0 Å². The van der Waals surface area contributed by atoms with Gasteiger partial charge in [-0.15, -0.1) is 11.8 Å². The predicted molar refractivity (Wildman–Crippen MR) is 67.3 cm³/mol. The summed E-state index contributed by atoms with van der Waals surface area (Å²) in [6, 6.07) is 0. The lowest BCUT2D eigenvalue weighted by molar-refractivity contribution is -0.133. The minimum Gasteiger partial charge on any atom is -0.481 e. The molecule has 1 amide bonds. The summed E-state index contributed by atoms with van der Waals surface area (Å²) in [5.41, 5.74) is 0. The van der Waals surface area contributed by atoms with Gasteiger partial charge >= 0.3 is 5.97 Å². The molecule has 0 aliphatic carbocycles. The van der Waals surface area contributed by atoms with Crippen LogP contribution in [0.25, 0.3) is 0 Å².